The lowest BCUT2D eigenvalue weighted by atomic mass is 10.2. The third-order valence-electron chi connectivity index (χ3n) is 1.78. The molecule has 68 valence electrons. The summed E-state index contributed by atoms with van der Waals surface area (Å²) < 4.78 is 0. The number of rotatable bonds is 4. The van der Waals surface area contributed by atoms with Crippen LogP contribution in [0.2, 0.25) is 0 Å². The van der Waals surface area contributed by atoms with Crippen LogP contribution in [0.25, 0.3) is 0 Å². The number of hydrogen-bond acceptors (Lipinski definition) is 3. The standard InChI is InChI=1S/C9H15NS2/c1-3-11-8(6-10)9-7(2)4-5-12-9/h4-5,8H,3,6,10H2,1-2H3. The normalized spacial score (nSPS) is 13.2. The number of thiophene rings is 1. The summed E-state index contributed by atoms with van der Waals surface area (Å²) >= 11 is 3.76. The first-order valence-corrected chi connectivity index (χ1v) is 6.08. The molecule has 0 saturated heterocycles. The summed E-state index contributed by atoms with van der Waals surface area (Å²) in [5.41, 5.74) is 7.09. The van der Waals surface area contributed by atoms with Crippen LogP contribution in [0.15, 0.2) is 11.4 Å². The van der Waals surface area contributed by atoms with Gasteiger partial charge in [-0.2, -0.15) is 11.8 Å². The topological polar surface area (TPSA) is 26.0 Å². The molecule has 0 bridgehead atoms. The first-order chi connectivity index (χ1) is 5.79. The predicted molar refractivity (Wildman–Crippen MR) is 59.0 cm³/mol. The highest BCUT2D eigenvalue weighted by molar-refractivity contribution is 7.99. The van der Waals surface area contributed by atoms with Crippen LogP contribution >= 0.6 is 23.1 Å². The van der Waals surface area contributed by atoms with E-state index in [-0.39, 0.29) is 0 Å². The van der Waals surface area contributed by atoms with Crippen molar-refractivity contribution in [1.29, 1.82) is 0 Å². The maximum absolute atomic E-state index is 5.70. The summed E-state index contributed by atoms with van der Waals surface area (Å²) in [5.74, 6) is 1.14. The van der Waals surface area contributed by atoms with Crippen molar-refractivity contribution < 1.29 is 0 Å². The average Bonchev–Trinajstić information content (AvgIpc) is 2.47. The van der Waals surface area contributed by atoms with Gasteiger partial charge in [0.15, 0.2) is 0 Å². The van der Waals surface area contributed by atoms with Crippen molar-refractivity contribution in [3.05, 3.63) is 21.9 Å². The molecular weight excluding hydrogens is 186 g/mol. The molecule has 0 aromatic carbocycles. The minimum absolute atomic E-state index is 0.509. The molecule has 2 N–H and O–H groups in total. The summed E-state index contributed by atoms with van der Waals surface area (Å²) in [6.45, 7) is 5.08. The van der Waals surface area contributed by atoms with Gasteiger partial charge in [0.1, 0.15) is 0 Å². The van der Waals surface area contributed by atoms with Crippen molar-refractivity contribution in [2.75, 3.05) is 12.3 Å². The first-order valence-electron chi connectivity index (χ1n) is 4.15. The lowest BCUT2D eigenvalue weighted by Crippen LogP contribution is -2.09. The highest BCUT2D eigenvalue weighted by Gasteiger charge is 2.12. The Morgan fingerprint density at radius 1 is 1.67 bits per heavy atom. The molecule has 0 aliphatic heterocycles. The molecule has 1 atom stereocenters. The average molecular weight is 201 g/mol. The highest BCUT2D eigenvalue weighted by Crippen LogP contribution is 2.33. The van der Waals surface area contributed by atoms with Gasteiger partial charge in [-0.3, -0.25) is 0 Å². The van der Waals surface area contributed by atoms with Crippen molar-refractivity contribution in [2.45, 2.75) is 19.1 Å². The van der Waals surface area contributed by atoms with E-state index in [0.29, 0.717) is 5.25 Å². The van der Waals surface area contributed by atoms with Gasteiger partial charge in [0.2, 0.25) is 0 Å². The van der Waals surface area contributed by atoms with E-state index in [1.165, 1.54) is 10.4 Å². The lowest BCUT2D eigenvalue weighted by Gasteiger charge is -2.12. The van der Waals surface area contributed by atoms with Crippen LogP contribution in [-0.4, -0.2) is 12.3 Å². The Labute approximate surface area is 82.4 Å². The van der Waals surface area contributed by atoms with Crippen LogP contribution in [0.1, 0.15) is 22.6 Å². The lowest BCUT2D eigenvalue weighted by molar-refractivity contribution is 0.953. The van der Waals surface area contributed by atoms with Crippen molar-refractivity contribution in [2.24, 2.45) is 5.73 Å². The second kappa shape index (κ2) is 4.90. The van der Waals surface area contributed by atoms with Crippen molar-refractivity contribution in [3.8, 4) is 0 Å². The molecule has 1 aromatic rings. The molecule has 1 nitrogen and oxygen atoms in total. The van der Waals surface area contributed by atoms with E-state index in [0.717, 1.165) is 12.3 Å². The zero-order valence-corrected chi connectivity index (χ0v) is 9.17. The largest absolute Gasteiger partial charge is 0.329 e. The van der Waals surface area contributed by atoms with E-state index < -0.39 is 0 Å². The van der Waals surface area contributed by atoms with Crippen molar-refractivity contribution in [3.63, 3.8) is 0 Å². The predicted octanol–water partition coefficient (Wildman–Crippen LogP) is 2.81. The van der Waals surface area contributed by atoms with Gasteiger partial charge in [-0.1, -0.05) is 6.92 Å². The summed E-state index contributed by atoms with van der Waals surface area (Å²) in [6.07, 6.45) is 0. The molecule has 0 radical (unpaired) electrons. The van der Waals surface area contributed by atoms with E-state index >= 15 is 0 Å². The second-order valence-electron chi connectivity index (χ2n) is 2.65. The van der Waals surface area contributed by atoms with Gasteiger partial charge in [-0.05, 0) is 29.7 Å². The summed E-state index contributed by atoms with van der Waals surface area (Å²) in [7, 11) is 0. The maximum atomic E-state index is 5.70. The minimum atomic E-state index is 0.509. The second-order valence-corrected chi connectivity index (χ2v) is 5.07. The molecule has 1 aromatic heterocycles. The van der Waals surface area contributed by atoms with Crippen molar-refractivity contribution in [1.82, 2.24) is 0 Å². The van der Waals surface area contributed by atoms with Crippen LogP contribution in [-0.2, 0) is 0 Å². The van der Waals surface area contributed by atoms with Crippen LogP contribution < -0.4 is 5.73 Å². The number of nitrogens with two attached hydrogens (primary N) is 1. The Morgan fingerprint density at radius 2 is 2.42 bits per heavy atom. The van der Waals surface area contributed by atoms with E-state index in [9.17, 15) is 0 Å². The number of thioether (sulfide) groups is 1. The van der Waals surface area contributed by atoms with Gasteiger partial charge in [0.25, 0.3) is 0 Å². The van der Waals surface area contributed by atoms with Gasteiger partial charge in [-0.25, -0.2) is 0 Å². The molecule has 0 aliphatic carbocycles. The molecular formula is C9H15NS2. The zero-order valence-electron chi connectivity index (χ0n) is 7.54. The Morgan fingerprint density at radius 3 is 2.83 bits per heavy atom. The van der Waals surface area contributed by atoms with E-state index in [4.69, 9.17) is 5.73 Å². The molecule has 0 amide bonds. The van der Waals surface area contributed by atoms with Gasteiger partial charge >= 0.3 is 0 Å². The van der Waals surface area contributed by atoms with Gasteiger partial charge < -0.3 is 5.73 Å². The minimum Gasteiger partial charge on any atom is -0.329 e. The van der Waals surface area contributed by atoms with Crippen LogP contribution in [0, 0.1) is 6.92 Å². The SMILES string of the molecule is CCSC(CN)c1sccc1C. The fourth-order valence-corrected chi connectivity index (χ4v) is 3.33. The van der Waals surface area contributed by atoms with E-state index in [1.54, 1.807) is 0 Å². The third kappa shape index (κ3) is 2.25. The van der Waals surface area contributed by atoms with E-state index in [1.807, 2.05) is 23.1 Å². The quantitative estimate of drug-likeness (QED) is 0.810. The molecule has 1 heterocycles. The molecule has 0 fully saturated rings. The van der Waals surface area contributed by atoms with Crippen LogP contribution in [0.5, 0.6) is 0 Å². The van der Waals surface area contributed by atoms with Gasteiger partial charge in [0.05, 0.1) is 5.25 Å². The highest BCUT2D eigenvalue weighted by atomic mass is 32.2. The Hall–Kier alpha value is 0.0100. The molecule has 0 aliphatic rings. The molecule has 12 heavy (non-hydrogen) atoms. The number of aryl methyl sites for hydroxylation is 1. The molecule has 1 unspecified atom stereocenters. The maximum Gasteiger partial charge on any atom is 0.0516 e. The van der Waals surface area contributed by atoms with Crippen LogP contribution in [0.3, 0.4) is 0 Å². The Bertz CT molecular complexity index is 232. The van der Waals surface area contributed by atoms with Gasteiger partial charge in [0, 0.05) is 11.4 Å². The Kier molecular flexibility index (Phi) is 4.12. The molecule has 0 saturated carbocycles. The van der Waals surface area contributed by atoms with Crippen molar-refractivity contribution >= 4 is 23.1 Å². The fraction of sp³-hybridized carbons (Fsp3) is 0.556. The third-order valence-corrected chi connectivity index (χ3v) is 4.22. The summed E-state index contributed by atoms with van der Waals surface area (Å²) in [6, 6.07) is 2.17. The van der Waals surface area contributed by atoms with Gasteiger partial charge in [-0.15, -0.1) is 11.3 Å². The molecule has 1 rings (SSSR count). The monoisotopic (exact) mass is 201 g/mol. The van der Waals surface area contributed by atoms with E-state index in [2.05, 4.69) is 25.3 Å². The molecule has 3 heteroatoms. The van der Waals surface area contributed by atoms with Crippen LogP contribution in [0.4, 0.5) is 0 Å². The summed E-state index contributed by atoms with van der Waals surface area (Å²) in [4.78, 5) is 1.45. The number of hydrogen-bond donors (Lipinski definition) is 1. The molecule has 0 spiro atoms. The first kappa shape index (κ1) is 10.1. The zero-order chi connectivity index (χ0) is 8.97. The summed E-state index contributed by atoms with van der Waals surface area (Å²) in [5, 5.41) is 2.65. The fourth-order valence-electron chi connectivity index (χ4n) is 1.17. The smallest absolute Gasteiger partial charge is 0.0516 e. The Balaban J connectivity index is 2.72.